The minimum absolute atomic E-state index is 0.0778. The van der Waals surface area contributed by atoms with Gasteiger partial charge in [-0.2, -0.15) is 0 Å². The lowest BCUT2D eigenvalue weighted by Gasteiger charge is -2.20. The predicted molar refractivity (Wildman–Crippen MR) is 68.1 cm³/mol. The van der Waals surface area contributed by atoms with E-state index in [0.717, 1.165) is 37.0 Å². The minimum Gasteiger partial charge on any atom is -0.469 e. The molecule has 0 unspecified atom stereocenters. The first kappa shape index (κ1) is 13.3. The molecule has 3 nitrogen and oxygen atoms in total. The van der Waals surface area contributed by atoms with Gasteiger partial charge in [-0.25, -0.2) is 0 Å². The zero-order chi connectivity index (χ0) is 12.0. The topological polar surface area (TPSA) is 33.5 Å². The molecule has 0 bridgehead atoms. The second kappa shape index (κ2) is 6.74. The molecule has 0 aliphatic rings. The summed E-state index contributed by atoms with van der Waals surface area (Å²) >= 11 is 3.38. The van der Waals surface area contributed by atoms with Crippen LogP contribution in [0.2, 0.25) is 0 Å². The average Bonchev–Trinajstić information content (AvgIpc) is 2.77. The standard InChI is InChI=1S/C12H18BrNO2/c1-3-11-10(6-9-16-11)12(15)14(4-2)8-5-7-13/h6,9H,3-5,7-8H2,1-2H3. The van der Waals surface area contributed by atoms with Crippen molar-refractivity contribution in [3.05, 3.63) is 23.7 Å². The molecule has 1 aromatic rings. The molecule has 0 fully saturated rings. The SMILES string of the molecule is CCc1occc1C(=O)N(CC)CCCBr. The number of halogens is 1. The lowest BCUT2D eigenvalue weighted by Crippen LogP contribution is -2.32. The van der Waals surface area contributed by atoms with Crippen LogP contribution < -0.4 is 0 Å². The van der Waals surface area contributed by atoms with Gasteiger partial charge in [0.1, 0.15) is 5.76 Å². The van der Waals surface area contributed by atoms with E-state index in [1.165, 1.54) is 0 Å². The van der Waals surface area contributed by atoms with Crippen molar-refractivity contribution in [1.29, 1.82) is 0 Å². The highest BCUT2D eigenvalue weighted by Crippen LogP contribution is 2.14. The maximum absolute atomic E-state index is 12.2. The molecule has 16 heavy (non-hydrogen) atoms. The van der Waals surface area contributed by atoms with E-state index in [9.17, 15) is 4.79 Å². The van der Waals surface area contributed by atoms with Crippen LogP contribution in [0, 0.1) is 0 Å². The van der Waals surface area contributed by atoms with Gasteiger partial charge in [0.25, 0.3) is 5.91 Å². The van der Waals surface area contributed by atoms with Gasteiger partial charge >= 0.3 is 0 Å². The van der Waals surface area contributed by atoms with Crippen molar-refractivity contribution >= 4 is 21.8 Å². The molecule has 0 aliphatic heterocycles. The van der Waals surface area contributed by atoms with Crippen molar-refractivity contribution in [1.82, 2.24) is 4.90 Å². The van der Waals surface area contributed by atoms with Gasteiger partial charge in [-0.3, -0.25) is 4.79 Å². The van der Waals surface area contributed by atoms with E-state index < -0.39 is 0 Å². The van der Waals surface area contributed by atoms with Crippen LogP contribution in [-0.4, -0.2) is 29.2 Å². The number of furan rings is 1. The molecule has 0 aliphatic carbocycles. The second-order valence-corrected chi connectivity index (χ2v) is 4.33. The van der Waals surface area contributed by atoms with Crippen molar-refractivity contribution < 1.29 is 9.21 Å². The Morgan fingerprint density at radius 2 is 2.25 bits per heavy atom. The van der Waals surface area contributed by atoms with Crippen LogP contribution in [0.4, 0.5) is 0 Å². The summed E-state index contributed by atoms with van der Waals surface area (Å²) in [5.41, 5.74) is 0.707. The van der Waals surface area contributed by atoms with E-state index in [2.05, 4.69) is 15.9 Å². The summed E-state index contributed by atoms with van der Waals surface area (Å²) in [4.78, 5) is 14.0. The number of alkyl halides is 1. The Kier molecular flexibility index (Phi) is 5.60. The van der Waals surface area contributed by atoms with E-state index in [-0.39, 0.29) is 5.91 Å². The summed E-state index contributed by atoms with van der Waals surface area (Å²) in [6.07, 6.45) is 3.31. The highest BCUT2D eigenvalue weighted by molar-refractivity contribution is 9.09. The molecule has 0 atom stereocenters. The zero-order valence-corrected chi connectivity index (χ0v) is 11.4. The summed E-state index contributed by atoms with van der Waals surface area (Å²) in [6, 6.07) is 1.76. The summed E-state index contributed by atoms with van der Waals surface area (Å²) < 4.78 is 5.28. The van der Waals surface area contributed by atoms with Gasteiger partial charge in [-0.05, 0) is 19.4 Å². The van der Waals surface area contributed by atoms with Crippen LogP contribution in [0.25, 0.3) is 0 Å². The minimum atomic E-state index is 0.0778. The molecule has 1 amide bonds. The quantitative estimate of drug-likeness (QED) is 0.754. The van der Waals surface area contributed by atoms with E-state index in [1.54, 1.807) is 12.3 Å². The van der Waals surface area contributed by atoms with Crippen molar-refractivity contribution in [2.75, 3.05) is 18.4 Å². The highest BCUT2D eigenvalue weighted by atomic mass is 79.9. The van der Waals surface area contributed by atoms with E-state index in [0.29, 0.717) is 5.56 Å². The summed E-state index contributed by atoms with van der Waals surface area (Å²) in [5.74, 6) is 0.858. The Hall–Kier alpha value is -0.770. The van der Waals surface area contributed by atoms with Crippen LogP contribution >= 0.6 is 15.9 Å². The van der Waals surface area contributed by atoms with Crippen molar-refractivity contribution in [2.45, 2.75) is 26.7 Å². The van der Waals surface area contributed by atoms with Crippen molar-refractivity contribution in [3.63, 3.8) is 0 Å². The number of nitrogens with zero attached hydrogens (tertiary/aromatic N) is 1. The third kappa shape index (κ3) is 3.11. The van der Waals surface area contributed by atoms with Crippen molar-refractivity contribution in [3.8, 4) is 0 Å². The maximum atomic E-state index is 12.2. The molecule has 0 N–H and O–H groups in total. The predicted octanol–water partition coefficient (Wildman–Crippen LogP) is 3.09. The third-order valence-corrected chi connectivity index (χ3v) is 3.09. The first-order valence-corrected chi connectivity index (χ1v) is 6.78. The van der Waals surface area contributed by atoms with E-state index in [4.69, 9.17) is 4.42 Å². The molecule has 4 heteroatoms. The maximum Gasteiger partial charge on any atom is 0.257 e. The molecule has 1 aromatic heterocycles. The Bertz CT molecular complexity index is 336. The van der Waals surface area contributed by atoms with Crippen LogP contribution in [0.15, 0.2) is 16.7 Å². The molecule has 0 saturated carbocycles. The first-order chi connectivity index (χ1) is 7.74. The fraction of sp³-hybridized carbons (Fsp3) is 0.583. The second-order valence-electron chi connectivity index (χ2n) is 3.54. The van der Waals surface area contributed by atoms with Crippen molar-refractivity contribution in [2.24, 2.45) is 0 Å². The van der Waals surface area contributed by atoms with Gasteiger partial charge in [0, 0.05) is 24.8 Å². The number of carbonyl (C=O) groups is 1. The number of rotatable bonds is 6. The number of hydrogen-bond donors (Lipinski definition) is 0. The molecular formula is C12H18BrNO2. The van der Waals surface area contributed by atoms with Gasteiger partial charge in [0.15, 0.2) is 0 Å². The normalized spacial score (nSPS) is 10.4. The van der Waals surface area contributed by atoms with E-state index in [1.807, 2.05) is 18.7 Å². The number of aryl methyl sites for hydroxylation is 1. The highest BCUT2D eigenvalue weighted by Gasteiger charge is 2.18. The van der Waals surface area contributed by atoms with E-state index >= 15 is 0 Å². The van der Waals surface area contributed by atoms with Crippen LogP contribution in [0.1, 0.15) is 36.4 Å². The molecule has 1 heterocycles. The molecule has 0 spiro atoms. The average molecular weight is 288 g/mol. The van der Waals surface area contributed by atoms with Gasteiger partial charge in [0.2, 0.25) is 0 Å². The summed E-state index contributed by atoms with van der Waals surface area (Å²) in [7, 11) is 0. The first-order valence-electron chi connectivity index (χ1n) is 5.66. The Balaban J connectivity index is 2.74. The van der Waals surface area contributed by atoms with Gasteiger partial charge < -0.3 is 9.32 Å². The Labute approximate surface area is 105 Å². The fourth-order valence-corrected chi connectivity index (χ4v) is 1.88. The Morgan fingerprint density at radius 1 is 1.50 bits per heavy atom. The number of amides is 1. The monoisotopic (exact) mass is 287 g/mol. The lowest BCUT2D eigenvalue weighted by atomic mass is 10.2. The largest absolute Gasteiger partial charge is 0.469 e. The summed E-state index contributed by atoms with van der Waals surface area (Å²) in [6.45, 7) is 5.51. The lowest BCUT2D eigenvalue weighted by molar-refractivity contribution is 0.0763. The van der Waals surface area contributed by atoms with Crippen LogP contribution in [0.3, 0.4) is 0 Å². The van der Waals surface area contributed by atoms with Crippen LogP contribution in [0.5, 0.6) is 0 Å². The zero-order valence-electron chi connectivity index (χ0n) is 9.83. The molecule has 90 valence electrons. The number of carbonyl (C=O) groups excluding carboxylic acids is 1. The molecular weight excluding hydrogens is 270 g/mol. The van der Waals surface area contributed by atoms with Gasteiger partial charge in [0.05, 0.1) is 11.8 Å². The summed E-state index contributed by atoms with van der Waals surface area (Å²) in [5, 5.41) is 0.919. The molecule has 0 aromatic carbocycles. The fourth-order valence-electron chi connectivity index (χ4n) is 1.63. The molecule has 0 saturated heterocycles. The van der Waals surface area contributed by atoms with Crippen LogP contribution in [-0.2, 0) is 6.42 Å². The molecule has 0 radical (unpaired) electrons. The third-order valence-electron chi connectivity index (χ3n) is 2.53. The van der Waals surface area contributed by atoms with Gasteiger partial charge in [-0.15, -0.1) is 0 Å². The number of hydrogen-bond acceptors (Lipinski definition) is 2. The smallest absolute Gasteiger partial charge is 0.257 e. The van der Waals surface area contributed by atoms with Gasteiger partial charge in [-0.1, -0.05) is 22.9 Å². The molecule has 1 rings (SSSR count). The Morgan fingerprint density at radius 3 is 2.81 bits per heavy atom.